The molecule has 21 heavy (non-hydrogen) atoms. The van der Waals surface area contributed by atoms with Crippen LogP contribution in [0.2, 0.25) is 0 Å². The van der Waals surface area contributed by atoms with Gasteiger partial charge in [0.25, 0.3) is 5.69 Å². The molecule has 1 rings (SSSR count). The Bertz CT molecular complexity index is 551. The average molecular weight is 292 g/mol. The third kappa shape index (κ3) is 5.43. The van der Waals surface area contributed by atoms with Gasteiger partial charge in [-0.2, -0.15) is 0 Å². The number of hydrogen-bond acceptors (Lipinski definition) is 5. The molecule has 112 valence electrons. The van der Waals surface area contributed by atoms with E-state index < -0.39 is 10.9 Å². The first-order valence-electron chi connectivity index (χ1n) is 6.27. The number of nitro benzene ring substituents is 1. The zero-order valence-corrected chi connectivity index (χ0v) is 11.8. The van der Waals surface area contributed by atoms with Crippen LogP contribution in [0.1, 0.15) is 12.5 Å². The molecule has 0 bridgehead atoms. The Kier molecular flexibility index (Phi) is 6.06. The standard InChI is InChI=1S/C14H16N2O5/c1-3-21-14(18)10-15(2)13(17)9-6-11-4-7-12(8-5-11)16(19)20/h4-9H,3,10H2,1-2H3/b9-6+. The Morgan fingerprint density at radius 3 is 2.48 bits per heavy atom. The van der Waals surface area contributed by atoms with Crippen molar-refractivity contribution in [3.05, 3.63) is 46.0 Å². The van der Waals surface area contributed by atoms with Crippen LogP contribution in [0.3, 0.4) is 0 Å². The summed E-state index contributed by atoms with van der Waals surface area (Å²) in [6, 6.07) is 5.78. The van der Waals surface area contributed by atoms with E-state index in [0.29, 0.717) is 5.56 Å². The van der Waals surface area contributed by atoms with Crippen molar-refractivity contribution in [3.8, 4) is 0 Å². The van der Waals surface area contributed by atoms with Crippen LogP contribution in [0.4, 0.5) is 5.69 Å². The van der Waals surface area contributed by atoms with Gasteiger partial charge in [-0.15, -0.1) is 0 Å². The summed E-state index contributed by atoms with van der Waals surface area (Å²) in [4.78, 5) is 34.2. The van der Waals surface area contributed by atoms with E-state index in [9.17, 15) is 19.7 Å². The van der Waals surface area contributed by atoms with Gasteiger partial charge in [0, 0.05) is 25.3 Å². The first kappa shape index (κ1) is 16.4. The summed E-state index contributed by atoms with van der Waals surface area (Å²) in [6.45, 7) is 1.82. The van der Waals surface area contributed by atoms with Gasteiger partial charge in [-0.1, -0.05) is 0 Å². The molecule has 0 N–H and O–H groups in total. The fourth-order valence-electron chi connectivity index (χ4n) is 1.48. The van der Waals surface area contributed by atoms with E-state index in [-0.39, 0.29) is 24.7 Å². The molecule has 0 radical (unpaired) electrons. The van der Waals surface area contributed by atoms with Gasteiger partial charge in [0.05, 0.1) is 11.5 Å². The number of likely N-dealkylation sites (N-methyl/N-ethyl adjacent to an activating group) is 1. The predicted molar refractivity (Wildman–Crippen MR) is 76.4 cm³/mol. The fourth-order valence-corrected chi connectivity index (χ4v) is 1.48. The topological polar surface area (TPSA) is 89.8 Å². The lowest BCUT2D eigenvalue weighted by atomic mass is 10.2. The average Bonchev–Trinajstić information content (AvgIpc) is 2.45. The monoisotopic (exact) mass is 292 g/mol. The number of ether oxygens (including phenoxy) is 1. The molecule has 0 fully saturated rings. The van der Waals surface area contributed by atoms with Crippen LogP contribution < -0.4 is 0 Å². The van der Waals surface area contributed by atoms with E-state index >= 15 is 0 Å². The lowest BCUT2D eigenvalue weighted by Crippen LogP contribution is -2.31. The maximum absolute atomic E-state index is 11.8. The van der Waals surface area contributed by atoms with Crippen LogP contribution in [-0.2, 0) is 14.3 Å². The van der Waals surface area contributed by atoms with Crippen molar-refractivity contribution in [2.24, 2.45) is 0 Å². The summed E-state index contributed by atoms with van der Waals surface area (Å²) < 4.78 is 4.74. The molecule has 1 amide bonds. The van der Waals surface area contributed by atoms with E-state index in [4.69, 9.17) is 4.74 Å². The number of esters is 1. The molecule has 7 heteroatoms. The number of carbonyl (C=O) groups excluding carboxylic acids is 2. The van der Waals surface area contributed by atoms with Crippen LogP contribution in [0.25, 0.3) is 6.08 Å². The Hall–Kier alpha value is -2.70. The zero-order chi connectivity index (χ0) is 15.8. The van der Waals surface area contributed by atoms with Crippen molar-refractivity contribution in [1.29, 1.82) is 0 Å². The van der Waals surface area contributed by atoms with Gasteiger partial charge in [-0.05, 0) is 30.7 Å². The van der Waals surface area contributed by atoms with Gasteiger partial charge >= 0.3 is 5.97 Å². The number of benzene rings is 1. The summed E-state index contributed by atoms with van der Waals surface area (Å²) in [5.41, 5.74) is 0.636. The maximum Gasteiger partial charge on any atom is 0.325 e. The molecule has 0 aliphatic rings. The van der Waals surface area contributed by atoms with Crippen molar-refractivity contribution >= 4 is 23.6 Å². The highest BCUT2D eigenvalue weighted by Gasteiger charge is 2.10. The van der Waals surface area contributed by atoms with E-state index in [2.05, 4.69) is 0 Å². The van der Waals surface area contributed by atoms with Crippen molar-refractivity contribution in [1.82, 2.24) is 4.90 Å². The van der Waals surface area contributed by atoms with Gasteiger partial charge in [0.1, 0.15) is 6.54 Å². The minimum atomic E-state index is -0.494. The fraction of sp³-hybridized carbons (Fsp3) is 0.286. The van der Waals surface area contributed by atoms with Crippen molar-refractivity contribution in [3.63, 3.8) is 0 Å². The highest BCUT2D eigenvalue weighted by Crippen LogP contribution is 2.12. The molecule has 1 aromatic carbocycles. The van der Waals surface area contributed by atoms with E-state index in [1.807, 2.05) is 0 Å². The smallest absolute Gasteiger partial charge is 0.325 e. The molecule has 0 aliphatic carbocycles. The number of amides is 1. The Morgan fingerprint density at radius 2 is 1.95 bits per heavy atom. The minimum absolute atomic E-state index is 0.0158. The summed E-state index contributed by atoms with van der Waals surface area (Å²) in [5, 5.41) is 10.5. The minimum Gasteiger partial charge on any atom is -0.465 e. The lowest BCUT2D eigenvalue weighted by Gasteiger charge is -2.13. The molecule has 0 spiro atoms. The molecule has 0 unspecified atom stereocenters. The normalized spacial score (nSPS) is 10.4. The van der Waals surface area contributed by atoms with Crippen LogP contribution >= 0.6 is 0 Å². The van der Waals surface area contributed by atoms with Gasteiger partial charge in [-0.25, -0.2) is 0 Å². The molecular formula is C14H16N2O5. The van der Waals surface area contributed by atoms with Crippen LogP contribution in [0.15, 0.2) is 30.3 Å². The van der Waals surface area contributed by atoms with Crippen molar-refractivity contribution in [2.75, 3.05) is 20.2 Å². The number of carbonyl (C=O) groups is 2. The first-order valence-corrected chi connectivity index (χ1v) is 6.27. The molecule has 0 heterocycles. The summed E-state index contributed by atoms with van der Waals surface area (Å²) in [7, 11) is 1.49. The number of hydrogen-bond donors (Lipinski definition) is 0. The quantitative estimate of drug-likeness (QED) is 0.344. The van der Waals surface area contributed by atoms with E-state index in [1.54, 1.807) is 6.92 Å². The van der Waals surface area contributed by atoms with E-state index in [1.165, 1.54) is 48.4 Å². The first-order chi connectivity index (χ1) is 9.93. The second-order valence-corrected chi connectivity index (χ2v) is 4.18. The van der Waals surface area contributed by atoms with Crippen LogP contribution in [0, 0.1) is 10.1 Å². The molecule has 0 saturated heterocycles. The van der Waals surface area contributed by atoms with Crippen LogP contribution in [-0.4, -0.2) is 41.9 Å². The zero-order valence-electron chi connectivity index (χ0n) is 11.8. The summed E-state index contributed by atoms with van der Waals surface area (Å²) >= 11 is 0. The van der Waals surface area contributed by atoms with Crippen molar-refractivity contribution in [2.45, 2.75) is 6.92 Å². The van der Waals surface area contributed by atoms with Crippen LogP contribution in [0.5, 0.6) is 0 Å². The molecule has 1 aromatic rings. The highest BCUT2D eigenvalue weighted by atomic mass is 16.6. The molecule has 0 atom stereocenters. The van der Waals surface area contributed by atoms with Gasteiger partial charge in [0.2, 0.25) is 5.91 Å². The Morgan fingerprint density at radius 1 is 1.33 bits per heavy atom. The third-order valence-corrected chi connectivity index (χ3v) is 2.57. The lowest BCUT2D eigenvalue weighted by molar-refractivity contribution is -0.384. The molecule has 7 nitrogen and oxygen atoms in total. The van der Waals surface area contributed by atoms with Gasteiger partial charge in [-0.3, -0.25) is 19.7 Å². The van der Waals surface area contributed by atoms with Gasteiger partial charge in [0.15, 0.2) is 0 Å². The second-order valence-electron chi connectivity index (χ2n) is 4.18. The predicted octanol–water partition coefficient (Wildman–Crippen LogP) is 1.63. The maximum atomic E-state index is 11.8. The third-order valence-electron chi connectivity index (χ3n) is 2.57. The number of nitrogens with zero attached hydrogens (tertiary/aromatic N) is 2. The summed E-state index contributed by atoms with van der Waals surface area (Å²) in [6.07, 6.45) is 2.81. The van der Waals surface area contributed by atoms with E-state index in [0.717, 1.165) is 0 Å². The molecule has 0 aliphatic heterocycles. The molecule has 0 saturated carbocycles. The molecular weight excluding hydrogens is 276 g/mol. The number of rotatable bonds is 6. The Labute approximate surface area is 122 Å². The second kappa shape index (κ2) is 7.78. The molecule has 0 aromatic heterocycles. The largest absolute Gasteiger partial charge is 0.465 e. The highest BCUT2D eigenvalue weighted by molar-refractivity contribution is 5.93. The number of non-ortho nitro benzene ring substituents is 1. The number of nitro groups is 1. The SMILES string of the molecule is CCOC(=O)CN(C)C(=O)/C=C/c1ccc([N+](=O)[O-])cc1. The summed E-state index contributed by atoms with van der Waals surface area (Å²) in [5.74, 6) is -0.835. The Balaban J connectivity index is 2.60. The van der Waals surface area contributed by atoms with Crippen molar-refractivity contribution < 1.29 is 19.2 Å². The van der Waals surface area contributed by atoms with Gasteiger partial charge < -0.3 is 9.64 Å².